The Labute approximate surface area is 125 Å². The molecule has 1 aromatic rings. The van der Waals surface area contributed by atoms with Gasteiger partial charge in [0.2, 0.25) is 10.0 Å². The van der Waals surface area contributed by atoms with Gasteiger partial charge >= 0.3 is 0 Å². The molecule has 0 spiro atoms. The van der Waals surface area contributed by atoms with Gasteiger partial charge in [-0.05, 0) is 25.1 Å². The summed E-state index contributed by atoms with van der Waals surface area (Å²) in [7, 11) is -2.54. The predicted molar refractivity (Wildman–Crippen MR) is 78.5 cm³/mol. The summed E-state index contributed by atoms with van der Waals surface area (Å²) in [5.74, 6) is -1.76. The largest absolute Gasteiger partial charge is 0.313 e. The van der Waals surface area contributed by atoms with Gasteiger partial charge in [-0.3, -0.25) is 0 Å². The number of nitrogens with zero attached hydrogens (tertiary/aromatic N) is 1. The Morgan fingerprint density at radius 2 is 1.90 bits per heavy atom. The summed E-state index contributed by atoms with van der Waals surface area (Å²) >= 11 is 0. The fourth-order valence-electron chi connectivity index (χ4n) is 1.86. The van der Waals surface area contributed by atoms with Gasteiger partial charge in [-0.25, -0.2) is 21.5 Å². The minimum absolute atomic E-state index is 0.0454. The smallest absolute Gasteiger partial charge is 0.245 e. The lowest BCUT2D eigenvalue weighted by atomic mass is 10.2. The number of hydrogen-bond acceptors (Lipinski definition) is 3. The highest BCUT2D eigenvalue weighted by molar-refractivity contribution is 7.89. The van der Waals surface area contributed by atoms with Gasteiger partial charge in [0.15, 0.2) is 5.82 Å². The average Bonchev–Trinajstić information content (AvgIpc) is 2.44. The number of benzene rings is 1. The van der Waals surface area contributed by atoms with Gasteiger partial charge in [-0.1, -0.05) is 20.3 Å². The highest BCUT2D eigenvalue weighted by atomic mass is 32.2. The molecule has 4 nitrogen and oxygen atoms in total. The van der Waals surface area contributed by atoms with Crippen molar-refractivity contribution < 1.29 is 17.2 Å². The van der Waals surface area contributed by atoms with Crippen LogP contribution in [0.1, 0.15) is 32.3 Å². The Bertz CT molecular complexity index is 577. The second-order valence-corrected chi connectivity index (χ2v) is 6.81. The standard InChI is InChI=1S/C14H22F2N2O2S/c1-4-6-9-18(3)21(19,20)13-8-7-12(15)11(14(13)16)10-17-5-2/h7-8,17H,4-6,9-10H2,1-3H3. The van der Waals surface area contributed by atoms with Crippen LogP contribution in [0.4, 0.5) is 8.78 Å². The van der Waals surface area contributed by atoms with Crippen LogP contribution < -0.4 is 5.32 Å². The first-order chi connectivity index (χ1) is 9.86. The Balaban J connectivity index is 3.18. The number of hydrogen-bond donors (Lipinski definition) is 1. The van der Waals surface area contributed by atoms with Crippen molar-refractivity contribution in [2.24, 2.45) is 0 Å². The molecule has 0 amide bonds. The molecular formula is C14H22F2N2O2S. The lowest BCUT2D eigenvalue weighted by Gasteiger charge is -2.18. The van der Waals surface area contributed by atoms with E-state index in [1.807, 2.05) is 6.92 Å². The number of unbranched alkanes of at least 4 members (excludes halogenated alkanes) is 1. The van der Waals surface area contributed by atoms with E-state index < -0.39 is 26.6 Å². The highest BCUT2D eigenvalue weighted by Crippen LogP contribution is 2.23. The molecule has 0 aromatic heterocycles. The second kappa shape index (κ2) is 7.82. The van der Waals surface area contributed by atoms with Crippen molar-refractivity contribution in [3.05, 3.63) is 29.3 Å². The first-order valence-corrected chi connectivity index (χ1v) is 8.44. The van der Waals surface area contributed by atoms with Crippen molar-refractivity contribution in [2.75, 3.05) is 20.1 Å². The average molecular weight is 320 g/mol. The maximum absolute atomic E-state index is 14.3. The molecule has 0 saturated heterocycles. The molecule has 0 aliphatic carbocycles. The summed E-state index contributed by atoms with van der Waals surface area (Å²) in [5, 5.41) is 2.80. The maximum atomic E-state index is 14.3. The number of sulfonamides is 1. The fraction of sp³-hybridized carbons (Fsp3) is 0.571. The molecule has 0 aliphatic heterocycles. The van der Waals surface area contributed by atoms with Gasteiger partial charge in [-0.2, -0.15) is 0 Å². The molecular weight excluding hydrogens is 298 g/mol. The summed E-state index contributed by atoms with van der Waals surface area (Å²) in [4.78, 5) is -0.476. The van der Waals surface area contributed by atoms with Crippen LogP contribution in [0.3, 0.4) is 0 Å². The molecule has 0 atom stereocenters. The zero-order chi connectivity index (χ0) is 16.0. The van der Waals surface area contributed by atoms with Gasteiger partial charge in [0, 0.05) is 25.7 Å². The number of rotatable bonds is 8. The van der Waals surface area contributed by atoms with Gasteiger partial charge in [-0.15, -0.1) is 0 Å². The summed E-state index contributed by atoms with van der Waals surface area (Å²) < 4.78 is 53.8. The first kappa shape index (κ1) is 18.0. The molecule has 0 bridgehead atoms. The van der Waals surface area contributed by atoms with E-state index in [-0.39, 0.29) is 12.1 Å². The van der Waals surface area contributed by atoms with E-state index >= 15 is 0 Å². The lowest BCUT2D eigenvalue weighted by Crippen LogP contribution is -2.29. The SMILES string of the molecule is CCCCN(C)S(=O)(=O)c1ccc(F)c(CNCC)c1F. The van der Waals surface area contributed by atoms with Crippen molar-refractivity contribution >= 4 is 10.0 Å². The van der Waals surface area contributed by atoms with Crippen LogP contribution >= 0.6 is 0 Å². The molecule has 21 heavy (non-hydrogen) atoms. The van der Waals surface area contributed by atoms with Crippen molar-refractivity contribution in [1.29, 1.82) is 0 Å². The number of nitrogens with one attached hydrogen (secondary N) is 1. The molecule has 0 fully saturated rings. The molecule has 1 rings (SSSR count). The van der Waals surface area contributed by atoms with Crippen LogP contribution in [-0.4, -0.2) is 32.9 Å². The van der Waals surface area contributed by atoms with Crippen molar-refractivity contribution in [1.82, 2.24) is 9.62 Å². The monoisotopic (exact) mass is 320 g/mol. The predicted octanol–water partition coefficient (Wildman–Crippen LogP) is 2.49. The summed E-state index contributed by atoms with van der Waals surface area (Å²) in [6.07, 6.45) is 1.51. The van der Waals surface area contributed by atoms with Crippen LogP contribution in [0, 0.1) is 11.6 Å². The van der Waals surface area contributed by atoms with E-state index in [1.165, 1.54) is 7.05 Å². The van der Waals surface area contributed by atoms with E-state index in [0.29, 0.717) is 19.5 Å². The van der Waals surface area contributed by atoms with Gasteiger partial charge in [0.1, 0.15) is 10.7 Å². The molecule has 0 unspecified atom stereocenters. The lowest BCUT2D eigenvalue weighted by molar-refractivity contribution is 0.450. The third-order valence-corrected chi connectivity index (χ3v) is 5.09. The van der Waals surface area contributed by atoms with Crippen LogP contribution in [0.5, 0.6) is 0 Å². The quantitative estimate of drug-likeness (QED) is 0.800. The summed E-state index contributed by atoms with van der Waals surface area (Å²) in [6.45, 7) is 4.53. The molecule has 0 aliphatic rings. The van der Waals surface area contributed by atoms with E-state index in [9.17, 15) is 17.2 Å². The minimum atomic E-state index is -3.94. The second-order valence-electron chi connectivity index (χ2n) is 4.80. The molecule has 7 heteroatoms. The fourth-order valence-corrected chi connectivity index (χ4v) is 3.15. The Hall–Kier alpha value is -1.05. The summed E-state index contributed by atoms with van der Waals surface area (Å²) in [6, 6.07) is 1.98. The van der Waals surface area contributed by atoms with Gasteiger partial charge in [0.05, 0.1) is 0 Å². The van der Waals surface area contributed by atoms with Crippen LogP contribution in [-0.2, 0) is 16.6 Å². The van der Waals surface area contributed by atoms with E-state index in [0.717, 1.165) is 22.9 Å². The first-order valence-electron chi connectivity index (χ1n) is 7.00. The zero-order valence-electron chi connectivity index (χ0n) is 12.6. The molecule has 120 valence electrons. The molecule has 0 saturated carbocycles. The van der Waals surface area contributed by atoms with Crippen molar-refractivity contribution in [3.63, 3.8) is 0 Å². The third kappa shape index (κ3) is 4.21. The Morgan fingerprint density at radius 3 is 2.48 bits per heavy atom. The van der Waals surface area contributed by atoms with Gasteiger partial charge < -0.3 is 5.32 Å². The normalized spacial score (nSPS) is 12.1. The molecule has 0 radical (unpaired) electrons. The highest BCUT2D eigenvalue weighted by Gasteiger charge is 2.26. The zero-order valence-corrected chi connectivity index (χ0v) is 13.4. The van der Waals surface area contributed by atoms with Crippen molar-refractivity contribution in [3.8, 4) is 0 Å². The van der Waals surface area contributed by atoms with E-state index in [2.05, 4.69) is 5.32 Å². The minimum Gasteiger partial charge on any atom is -0.313 e. The Morgan fingerprint density at radius 1 is 1.24 bits per heavy atom. The molecule has 1 aromatic carbocycles. The van der Waals surface area contributed by atoms with Crippen molar-refractivity contribution in [2.45, 2.75) is 38.1 Å². The molecule has 1 N–H and O–H groups in total. The third-order valence-electron chi connectivity index (χ3n) is 3.22. The van der Waals surface area contributed by atoms with Crippen LogP contribution in [0.15, 0.2) is 17.0 Å². The van der Waals surface area contributed by atoms with Crippen LogP contribution in [0.2, 0.25) is 0 Å². The Kier molecular flexibility index (Phi) is 6.70. The van der Waals surface area contributed by atoms with Gasteiger partial charge in [0.25, 0.3) is 0 Å². The number of halogens is 2. The molecule has 0 heterocycles. The van der Waals surface area contributed by atoms with Crippen LogP contribution in [0.25, 0.3) is 0 Å². The van der Waals surface area contributed by atoms with E-state index in [4.69, 9.17) is 0 Å². The summed E-state index contributed by atoms with van der Waals surface area (Å²) in [5.41, 5.74) is -0.248. The van der Waals surface area contributed by atoms with E-state index in [1.54, 1.807) is 6.92 Å². The maximum Gasteiger partial charge on any atom is 0.245 e. The topological polar surface area (TPSA) is 49.4 Å².